The van der Waals surface area contributed by atoms with Gasteiger partial charge in [0.2, 0.25) is 0 Å². The van der Waals surface area contributed by atoms with Gasteiger partial charge in [-0.05, 0) is 43.3 Å². The highest BCUT2D eigenvalue weighted by Crippen LogP contribution is 2.33. The third-order valence-corrected chi connectivity index (χ3v) is 3.33. The quantitative estimate of drug-likeness (QED) is 0.652. The molecule has 2 aromatic rings. The molecule has 0 atom stereocenters. The van der Waals surface area contributed by atoms with Crippen LogP contribution in [-0.2, 0) is 0 Å². The van der Waals surface area contributed by atoms with Crippen molar-refractivity contribution >= 4 is 39.0 Å². The van der Waals surface area contributed by atoms with Crippen molar-refractivity contribution in [2.45, 2.75) is 6.92 Å². The maximum Gasteiger partial charge on any atom is 0.162 e. The zero-order chi connectivity index (χ0) is 14.0. The number of ether oxygens (including phenoxy) is 1. The molecule has 5 heteroatoms. The summed E-state index contributed by atoms with van der Waals surface area (Å²) in [5.74, 6) is 0.915. The van der Waals surface area contributed by atoms with Gasteiger partial charge in [0, 0.05) is 15.7 Å². The number of carbonyl (C=O) groups excluding carboxylic acids is 1. The average Bonchev–Trinajstić information content (AvgIpc) is 2.36. The highest BCUT2D eigenvalue weighted by Gasteiger charge is 2.09. The van der Waals surface area contributed by atoms with E-state index in [0.29, 0.717) is 27.8 Å². The highest BCUT2D eigenvalue weighted by atomic mass is 79.9. The van der Waals surface area contributed by atoms with Crippen molar-refractivity contribution < 1.29 is 9.53 Å². The molecule has 0 spiro atoms. The molecule has 0 amide bonds. The van der Waals surface area contributed by atoms with Gasteiger partial charge in [0.15, 0.2) is 5.78 Å². The van der Waals surface area contributed by atoms with E-state index in [0.717, 1.165) is 4.47 Å². The average molecular weight is 341 g/mol. The molecule has 0 aliphatic heterocycles. The smallest absolute Gasteiger partial charge is 0.162 e. The van der Waals surface area contributed by atoms with Crippen LogP contribution in [0.15, 0.2) is 40.9 Å². The third kappa shape index (κ3) is 3.28. The molecule has 2 rings (SSSR count). The van der Waals surface area contributed by atoms with Crippen LogP contribution in [0.1, 0.15) is 17.3 Å². The fraction of sp³-hybridized carbons (Fsp3) is 0.0714. The predicted molar refractivity (Wildman–Crippen MR) is 80.1 cm³/mol. The third-order valence-electron chi connectivity index (χ3n) is 2.53. The second kappa shape index (κ2) is 5.63. The Morgan fingerprint density at radius 1 is 1.26 bits per heavy atom. The summed E-state index contributed by atoms with van der Waals surface area (Å²) in [6, 6.07) is 10.2. The number of rotatable bonds is 3. The van der Waals surface area contributed by atoms with Gasteiger partial charge in [-0.3, -0.25) is 4.79 Å². The summed E-state index contributed by atoms with van der Waals surface area (Å²) in [5.41, 5.74) is 6.59. The largest absolute Gasteiger partial charge is 0.456 e. The minimum atomic E-state index is -0.108. The Morgan fingerprint density at radius 3 is 2.68 bits per heavy atom. The lowest BCUT2D eigenvalue weighted by atomic mass is 10.1. The van der Waals surface area contributed by atoms with E-state index in [4.69, 9.17) is 22.1 Å². The Kier molecular flexibility index (Phi) is 4.12. The Labute approximate surface area is 124 Å². The molecule has 0 bridgehead atoms. The van der Waals surface area contributed by atoms with Crippen LogP contribution < -0.4 is 10.5 Å². The number of hydrogen-bond donors (Lipinski definition) is 1. The fourth-order valence-electron chi connectivity index (χ4n) is 1.59. The van der Waals surface area contributed by atoms with Crippen LogP contribution >= 0.6 is 27.5 Å². The zero-order valence-electron chi connectivity index (χ0n) is 10.1. The lowest BCUT2D eigenvalue weighted by Crippen LogP contribution is -1.99. The van der Waals surface area contributed by atoms with E-state index < -0.39 is 0 Å². The summed E-state index contributed by atoms with van der Waals surface area (Å²) in [7, 11) is 0. The van der Waals surface area contributed by atoms with Crippen molar-refractivity contribution in [3.05, 3.63) is 51.5 Å². The molecule has 3 nitrogen and oxygen atoms in total. The van der Waals surface area contributed by atoms with Crippen LogP contribution in [-0.4, -0.2) is 5.78 Å². The normalized spacial score (nSPS) is 10.3. The molecule has 2 aromatic carbocycles. The molecule has 0 heterocycles. The number of nitrogens with two attached hydrogens (primary N) is 1. The minimum Gasteiger partial charge on any atom is -0.456 e. The topological polar surface area (TPSA) is 52.3 Å². The summed E-state index contributed by atoms with van der Waals surface area (Å²) < 4.78 is 6.52. The summed E-state index contributed by atoms with van der Waals surface area (Å²) in [4.78, 5) is 11.4. The van der Waals surface area contributed by atoms with E-state index in [1.165, 1.54) is 6.92 Å². The molecule has 0 aliphatic rings. The highest BCUT2D eigenvalue weighted by molar-refractivity contribution is 9.10. The molecule has 98 valence electrons. The maximum absolute atomic E-state index is 11.4. The monoisotopic (exact) mass is 339 g/mol. The molecule has 0 saturated heterocycles. The molecular weight excluding hydrogens is 330 g/mol. The van der Waals surface area contributed by atoms with Gasteiger partial charge in [-0.15, -0.1) is 0 Å². The van der Waals surface area contributed by atoms with Crippen molar-refractivity contribution in [1.29, 1.82) is 0 Å². The van der Waals surface area contributed by atoms with Crippen LogP contribution in [0.3, 0.4) is 0 Å². The van der Waals surface area contributed by atoms with Crippen LogP contribution in [0.4, 0.5) is 5.69 Å². The van der Waals surface area contributed by atoms with Crippen molar-refractivity contribution in [3.8, 4) is 11.5 Å². The van der Waals surface area contributed by atoms with Gasteiger partial charge in [0.1, 0.15) is 11.5 Å². The Hall–Kier alpha value is -1.52. The fourth-order valence-corrected chi connectivity index (χ4v) is 2.08. The van der Waals surface area contributed by atoms with Crippen LogP contribution in [0, 0.1) is 0 Å². The number of hydrogen-bond acceptors (Lipinski definition) is 3. The predicted octanol–water partition coefficient (Wildman–Crippen LogP) is 4.68. The van der Waals surface area contributed by atoms with Crippen molar-refractivity contribution in [2.24, 2.45) is 0 Å². The molecule has 0 radical (unpaired) electrons. The van der Waals surface area contributed by atoms with E-state index in [2.05, 4.69) is 15.9 Å². The number of anilines is 1. The SMILES string of the molecule is CC(=O)c1cc(Oc2cc(Br)ccc2Cl)ccc1N. The Bertz CT molecular complexity index is 643. The molecule has 0 aliphatic carbocycles. The second-order valence-electron chi connectivity index (χ2n) is 3.98. The first kappa shape index (κ1) is 13.9. The van der Waals surface area contributed by atoms with Crippen LogP contribution in [0.25, 0.3) is 0 Å². The molecule has 0 saturated carbocycles. The van der Waals surface area contributed by atoms with Crippen molar-refractivity contribution in [1.82, 2.24) is 0 Å². The first-order chi connectivity index (χ1) is 8.97. The van der Waals surface area contributed by atoms with E-state index in [-0.39, 0.29) is 5.78 Å². The lowest BCUT2D eigenvalue weighted by Gasteiger charge is -2.10. The van der Waals surface area contributed by atoms with Gasteiger partial charge in [0.25, 0.3) is 0 Å². The summed E-state index contributed by atoms with van der Waals surface area (Å²) in [5, 5.41) is 0.490. The van der Waals surface area contributed by atoms with Crippen molar-refractivity contribution in [3.63, 3.8) is 0 Å². The van der Waals surface area contributed by atoms with E-state index in [9.17, 15) is 4.79 Å². The molecule has 0 aromatic heterocycles. The molecular formula is C14H11BrClNO2. The molecule has 0 fully saturated rings. The number of Topliss-reactive ketones (excluding diaryl/α,β-unsaturated/α-hetero) is 1. The number of halogens is 2. The summed E-state index contributed by atoms with van der Waals surface area (Å²) in [6.45, 7) is 1.46. The lowest BCUT2D eigenvalue weighted by molar-refractivity contribution is 0.101. The van der Waals surface area contributed by atoms with Gasteiger partial charge >= 0.3 is 0 Å². The van der Waals surface area contributed by atoms with E-state index in [1.807, 2.05) is 6.07 Å². The first-order valence-corrected chi connectivity index (χ1v) is 6.68. The van der Waals surface area contributed by atoms with Crippen LogP contribution in [0.2, 0.25) is 5.02 Å². The summed E-state index contributed by atoms with van der Waals surface area (Å²) in [6.07, 6.45) is 0. The summed E-state index contributed by atoms with van der Waals surface area (Å²) >= 11 is 9.39. The number of carbonyl (C=O) groups is 1. The molecule has 19 heavy (non-hydrogen) atoms. The van der Waals surface area contributed by atoms with Gasteiger partial charge < -0.3 is 10.5 Å². The van der Waals surface area contributed by atoms with Gasteiger partial charge in [-0.1, -0.05) is 27.5 Å². The van der Waals surface area contributed by atoms with Gasteiger partial charge in [-0.2, -0.15) is 0 Å². The first-order valence-electron chi connectivity index (χ1n) is 5.51. The van der Waals surface area contributed by atoms with Gasteiger partial charge in [0.05, 0.1) is 5.02 Å². The van der Waals surface area contributed by atoms with Gasteiger partial charge in [-0.25, -0.2) is 0 Å². The van der Waals surface area contributed by atoms with E-state index in [1.54, 1.807) is 30.3 Å². The van der Waals surface area contributed by atoms with Crippen LogP contribution in [0.5, 0.6) is 11.5 Å². The van der Waals surface area contributed by atoms with Crippen molar-refractivity contribution in [2.75, 3.05) is 5.73 Å². The Balaban J connectivity index is 2.36. The van der Waals surface area contributed by atoms with E-state index >= 15 is 0 Å². The number of benzene rings is 2. The standard InChI is InChI=1S/C14H11BrClNO2/c1-8(18)11-7-10(3-5-13(11)17)19-14-6-9(15)2-4-12(14)16/h2-7H,17H2,1H3. The number of nitrogen functional groups attached to an aromatic ring is 1. The minimum absolute atomic E-state index is 0.108. The number of ketones is 1. The maximum atomic E-state index is 11.4. The molecule has 0 unspecified atom stereocenters. The Morgan fingerprint density at radius 2 is 2.00 bits per heavy atom. The second-order valence-corrected chi connectivity index (χ2v) is 5.30. The molecule has 2 N–H and O–H groups in total. The zero-order valence-corrected chi connectivity index (χ0v) is 12.5.